The molecule has 8 nitrogen and oxygen atoms in total. The lowest BCUT2D eigenvalue weighted by atomic mass is 9.98. The molecule has 3 heterocycles. The van der Waals surface area contributed by atoms with Crippen molar-refractivity contribution in [3.8, 4) is 11.4 Å². The van der Waals surface area contributed by atoms with Crippen LogP contribution in [0.1, 0.15) is 62.0 Å². The Morgan fingerprint density at radius 3 is 2.68 bits per heavy atom. The fourth-order valence-corrected chi connectivity index (χ4v) is 4.70. The maximum absolute atomic E-state index is 12.6. The molecule has 1 aromatic heterocycles. The van der Waals surface area contributed by atoms with E-state index in [4.69, 9.17) is 0 Å². The third-order valence-corrected chi connectivity index (χ3v) is 6.63. The summed E-state index contributed by atoms with van der Waals surface area (Å²) >= 11 is 0. The van der Waals surface area contributed by atoms with E-state index >= 15 is 0 Å². The zero-order valence-electron chi connectivity index (χ0n) is 19.4. The lowest BCUT2D eigenvalue weighted by Crippen LogP contribution is -2.31. The van der Waals surface area contributed by atoms with Gasteiger partial charge in [0.2, 0.25) is 5.91 Å². The molecule has 1 unspecified atom stereocenters. The highest BCUT2D eigenvalue weighted by Crippen LogP contribution is 2.27. The van der Waals surface area contributed by atoms with Crippen molar-refractivity contribution in [3.05, 3.63) is 59.4 Å². The summed E-state index contributed by atoms with van der Waals surface area (Å²) in [7, 11) is 0. The predicted octanol–water partition coefficient (Wildman–Crippen LogP) is 4.83. The highest BCUT2D eigenvalue weighted by atomic mass is 16.2. The molecular weight excluding hydrogens is 428 g/mol. The topological polar surface area (TPSA) is 101 Å². The molecule has 2 aromatic carbocycles. The maximum Gasteiger partial charge on any atom is 0.319 e. The summed E-state index contributed by atoms with van der Waals surface area (Å²) in [5.41, 5.74) is 4.68. The second-order valence-corrected chi connectivity index (χ2v) is 9.12. The molecule has 176 valence electrons. The van der Waals surface area contributed by atoms with Gasteiger partial charge in [-0.1, -0.05) is 25.0 Å². The van der Waals surface area contributed by atoms with Crippen molar-refractivity contribution in [2.45, 2.75) is 64.5 Å². The quantitative estimate of drug-likeness (QED) is 0.521. The number of nitrogens with zero attached hydrogens (tertiary/aromatic N) is 3. The maximum atomic E-state index is 12.6. The molecule has 0 saturated carbocycles. The second-order valence-electron chi connectivity index (χ2n) is 9.12. The van der Waals surface area contributed by atoms with Gasteiger partial charge in [0.25, 0.3) is 0 Å². The number of hydrogen-bond donors (Lipinski definition) is 3. The van der Waals surface area contributed by atoms with Gasteiger partial charge < -0.3 is 20.5 Å². The number of aryl methyl sites for hydroxylation is 2. The number of urea groups is 1. The van der Waals surface area contributed by atoms with Gasteiger partial charge in [0.05, 0.1) is 6.04 Å². The molecule has 0 bridgehead atoms. The van der Waals surface area contributed by atoms with Crippen molar-refractivity contribution < 1.29 is 9.59 Å². The van der Waals surface area contributed by atoms with Crippen molar-refractivity contribution in [2.24, 2.45) is 0 Å². The van der Waals surface area contributed by atoms with Gasteiger partial charge in [-0.15, -0.1) is 10.2 Å². The monoisotopic (exact) mass is 458 g/mol. The zero-order valence-corrected chi connectivity index (χ0v) is 19.4. The number of fused-ring (bicyclic) bond motifs is 2. The van der Waals surface area contributed by atoms with Crippen LogP contribution in [-0.4, -0.2) is 26.7 Å². The van der Waals surface area contributed by atoms with E-state index in [-0.39, 0.29) is 18.0 Å². The van der Waals surface area contributed by atoms with E-state index in [0.717, 1.165) is 66.3 Å². The normalized spacial score (nSPS) is 16.3. The predicted molar refractivity (Wildman–Crippen MR) is 132 cm³/mol. The summed E-state index contributed by atoms with van der Waals surface area (Å²) in [4.78, 5) is 24.2. The molecular formula is C26H30N6O2. The van der Waals surface area contributed by atoms with E-state index in [2.05, 4.69) is 36.8 Å². The summed E-state index contributed by atoms with van der Waals surface area (Å²) in [6.45, 7) is 2.90. The first-order valence-electron chi connectivity index (χ1n) is 12.1. The first kappa shape index (κ1) is 22.1. The van der Waals surface area contributed by atoms with Gasteiger partial charge in [0, 0.05) is 36.3 Å². The van der Waals surface area contributed by atoms with Gasteiger partial charge in [-0.2, -0.15) is 0 Å². The Morgan fingerprint density at radius 2 is 1.82 bits per heavy atom. The third kappa shape index (κ3) is 4.81. The summed E-state index contributed by atoms with van der Waals surface area (Å²) in [6.07, 6.45) is 7.00. The van der Waals surface area contributed by atoms with E-state index in [1.807, 2.05) is 43.3 Å². The molecule has 2 aliphatic heterocycles. The first-order chi connectivity index (χ1) is 16.6. The lowest BCUT2D eigenvalue weighted by molar-refractivity contribution is -0.116. The SMILES string of the molecule is CC(NC(=O)Nc1ccc(-c2nnc3n2CCCCCC3)cc1)c1ccc2c(c1)CCC(=O)N2. The molecule has 2 aliphatic rings. The van der Waals surface area contributed by atoms with Crippen LogP contribution in [0, 0.1) is 0 Å². The standard InChI is InChI=1S/C26H30N6O2/c1-17(19-9-13-22-20(16-19)10-14-24(33)29-22)27-26(34)28-21-11-7-18(8-12-21)25-31-30-23-6-4-2-3-5-15-32(23)25/h7-9,11-13,16-17H,2-6,10,14-15H2,1H3,(H,29,33)(H2,27,28,34). The molecule has 0 spiro atoms. The average molecular weight is 459 g/mol. The van der Waals surface area contributed by atoms with Gasteiger partial charge in [-0.3, -0.25) is 4.79 Å². The van der Waals surface area contributed by atoms with E-state index in [0.29, 0.717) is 12.1 Å². The van der Waals surface area contributed by atoms with Crippen LogP contribution in [-0.2, 0) is 24.2 Å². The number of carbonyl (C=O) groups excluding carboxylic acids is 2. The molecule has 5 rings (SSSR count). The Kier molecular flexibility index (Phi) is 6.29. The summed E-state index contributed by atoms with van der Waals surface area (Å²) in [5.74, 6) is 2.01. The van der Waals surface area contributed by atoms with Crippen molar-refractivity contribution in [3.63, 3.8) is 0 Å². The number of rotatable bonds is 4. The Balaban J connectivity index is 1.22. The Morgan fingerprint density at radius 1 is 1.00 bits per heavy atom. The molecule has 0 saturated heterocycles. The summed E-state index contributed by atoms with van der Waals surface area (Å²) < 4.78 is 2.24. The van der Waals surface area contributed by atoms with Crippen LogP contribution in [0.4, 0.5) is 16.2 Å². The molecule has 3 aromatic rings. The van der Waals surface area contributed by atoms with Crippen molar-refractivity contribution in [1.82, 2.24) is 20.1 Å². The summed E-state index contributed by atoms with van der Waals surface area (Å²) in [5, 5.41) is 17.6. The highest BCUT2D eigenvalue weighted by Gasteiger charge is 2.18. The zero-order chi connectivity index (χ0) is 23.5. The third-order valence-electron chi connectivity index (χ3n) is 6.63. The second kappa shape index (κ2) is 9.67. The average Bonchev–Trinajstić information content (AvgIpc) is 3.20. The van der Waals surface area contributed by atoms with Crippen LogP contribution in [0.3, 0.4) is 0 Å². The minimum absolute atomic E-state index is 0.0478. The van der Waals surface area contributed by atoms with Crippen molar-refractivity contribution >= 4 is 23.3 Å². The Bertz CT molecular complexity index is 1200. The van der Waals surface area contributed by atoms with Gasteiger partial charge in [0.1, 0.15) is 5.82 Å². The van der Waals surface area contributed by atoms with Gasteiger partial charge >= 0.3 is 6.03 Å². The molecule has 3 N–H and O–H groups in total. The molecule has 0 aliphatic carbocycles. The van der Waals surface area contributed by atoms with E-state index in [1.54, 1.807) is 0 Å². The number of hydrogen-bond acceptors (Lipinski definition) is 4. The van der Waals surface area contributed by atoms with Gasteiger partial charge in [-0.25, -0.2) is 4.79 Å². The van der Waals surface area contributed by atoms with Crippen LogP contribution in [0.5, 0.6) is 0 Å². The first-order valence-corrected chi connectivity index (χ1v) is 12.1. The van der Waals surface area contributed by atoms with Crippen LogP contribution >= 0.6 is 0 Å². The van der Waals surface area contributed by atoms with Crippen LogP contribution in [0.15, 0.2) is 42.5 Å². The van der Waals surface area contributed by atoms with E-state index in [1.165, 1.54) is 12.8 Å². The van der Waals surface area contributed by atoms with E-state index < -0.39 is 0 Å². The molecule has 34 heavy (non-hydrogen) atoms. The number of amides is 3. The fraction of sp³-hybridized carbons (Fsp3) is 0.385. The number of aromatic nitrogens is 3. The molecule has 0 radical (unpaired) electrons. The van der Waals surface area contributed by atoms with Crippen molar-refractivity contribution in [1.29, 1.82) is 0 Å². The Labute approximate surface area is 199 Å². The number of anilines is 2. The summed E-state index contributed by atoms with van der Waals surface area (Å²) in [6, 6.07) is 13.2. The van der Waals surface area contributed by atoms with E-state index in [9.17, 15) is 9.59 Å². The van der Waals surface area contributed by atoms with Crippen LogP contribution < -0.4 is 16.0 Å². The largest absolute Gasteiger partial charge is 0.331 e. The van der Waals surface area contributed by atoms with Crippen molar-refractivity contribution in [2.75, 3.05) is 10.6 Å². The minimum Gasteiger partial charge on any atom is -0.331 e. The van der Waals surface area contributed by atoms with Gasteiger partial charge in [0.15, 0.2) is 5.82 Å². The smallest absolute Gasteiger partial charge is 0.319 e. The Hall–Kier alpha value is -3.68. The lowest BCUT2D eigenvalue weighted by Gasteiger charge is -2.20. The number of carbonyl (C=O) groups is 2. The molecule has 0 fully saturated rings. The van der Waals surface area contributed by atoms with Gasteiger partial charge in [-0.05, 0) is 67.6 Å². The van der Waals surface area contributed by atoms with Crippen LogP contribution in [0.2, 0.25) is 0 Å². The van der Waals surface area contributed by atoms with Crippen LogP contribution in [0.25, 0.3) is 11.4 Å². The molecule has 3 amide bonds. The molecule has 1 atom stereocenters. The molecule has 8 heteroatoms. The number of nitrogens with one attached hydrogen (secondary N) is 3. The highest BCUT2D eigenvalue weighted by molar-refractivity contribution is 5.94. The number of benzene rings is 2. The fourth-order valence-electron chi connectivity index (χ4n) is 4.70. The minimum atomic E-state index is -0.265.